The standard InChI is InChI=1S/C20H22ClF3N4O2.HI/c21-15-3-1-2-14(12-15)18(28-8-10-29-11-9-28)13-26-19(25)27-16-4-6-17(7-5-16)30-20(22,23)24;/h1-7,12,18H,8-11,13H2,(H3,25,26,27);1H. The van der Waals surface area contributed by atoms with E-state index in [1.54, 1.807) is 0 Å². The van der Waals surface area contributed by atoms with Gasteiger partial charge < -0.3 is 20.5 Å². The van der Waals surface area contributed by atoms with E-state index in [0.29, 0.717) is 30.5 Å². The molecule has 1 aliphatic rings. The van der Waals surface area contributed by atoms with E-state index in [2.05, 4.69) is 19.9 Å². The molecule has 1 unspecified atom stereocenters. The molecule has 2 aromatic carbocycles. The molecular formula is C20H23ClF3IN4O2. The Morgan fingerprint density at radius 2 is 1.87 bits per heavy atom. The van der Waals surface area contributed by atoms with Crippen molar-refractivity contribution in [1.82, 2.24) is 4.90 Å². The summed E-state index contributed by atoms with van der Waals surface area (Å²) in [6, 6.07) is 12.8. The molecule has 170 valence electrons. The molecule has 1 heterocycles. The Morgan fingerprint density at radius 1 is 1.19 bits per heavy atom. The summed E-state index contributed by atoms with van der Waals surface area (Å²) in [5.41, 5.74) is 7.51. The second kappa shape index (κ2) is 11.7. The summed E-state index contributed by atoms with van der Waals surface area (Å²) in [5.74, 6) is -0.156. The molecule has 3 N–H and O–H groups in total. The van der Waals surface area contributed by atoms with Crippen LogP contribution in [0.3, 0.4) is 0 Å². The van der Waals surface area contributed by atoms with E-state index in [1.165, 1.54) is 24.3 Å². The summed E-state index contributed by atoms with van der Waals surface area (Å²) in [4.78, 5) is 6.69. The van der Waals surface area contributed by atoms with Gasteiger partial charge in [-0.1, -0.05) is 23.7 Å². The summed E-state index contributed by atoms with van der Waals surface area (Å²) < 4.78 is 46.0. The Kier molecular flexibility index (Phi) is 9.66. The molecule has 0 aliphatic carbocycles. The lowest BCUT2D eigenvalue weighted by molar-refractivity contribution is -0.274. The molecule has 1 aliphatic heterocycles. The first kappa shape index (κ1) is 25.5. The Bertz CT molecular complexity index is 862. The zero-order valence-electron chi connectivity index (χ0n) is 16.4. The molecule has 0 aromatic heterocycles. The third-order valence-corrected chi connectivity index (χ3v) is 4.75. The quantitative estimate of drug-likeness (QED) is 0.301. The molecule has 1 fully saturated rings. The molecular weight excluding hydrogens is 548 g/mol. The van der Waals surface area contributed by atoms with Crippen LogP contribution >= 0.6 is 35.6 Å². The van der Waals surface area contributed by atoms with Crippen molar-refractivity contribution in [2.75, 3.05) is 38.2 Å². The molecule has 6 nitrogen and oxygen atoms in total. The third kappa shape index (κ3) is 8.36. The zero-order valence-corrected chi connectivity index (χ0v) is 19.5. The highest BCUT2D eigenvalue weighted by molar-refractivity contribution is 14.0. The molecule has 31 heavy (non-hydrogen) atoms. The number of aliphatic imine (C=N–C) groups is 1. The van der Waals surface area contributed by atoms with Gasteiger partial charge in [0.2, 0.25) is 0 Å². The van der Waals surface area contributed by atoms with Crippen LogP contribution < -0.4 is 15.8 Å². The lowest BCUT2D eigenvalue weighted by Gasteiger charge is -2.34. The first-order valence-electron chi connectivity index (χ1n) is 9.30. The van der Waals surface area contributed by atoms with Crippen LogP contribution in [0.5, 0.6) is 5.75 Å². The van der Waals surface area contributed by atoms with Crippen molar-refractivity contribution in [1.29, 1.82) is 0 Å². The number of nitrogens with two attached hydrogens (primary N) is 1. The number of anilines is 1. The van der Waals surface area contributed by atoms with Crippen LogP contribution in [0.1, 0.15) is 11.6 Å². The maximum Gasteiger partial charge on any atom is 0.573 e. The molecule has 11 heteroatoms. The minimum absolute atomic E-state index is 0. The van der Waals surface area contributed by atoms with Crippen LogP contribution in [0.2, 0.25) is 5.02 Å². The highest BCUT2D eigenvalue weighted by Crippen LogP contribution is 2.26. The largest absolute Gasteiger partial charge is 0.573 e. The van der Waals surface area contributed by atoms with Crippen molar-refractivity contribution < 1.29 is 22.6 Å². The normalized spacial score (nSPS) is 16.3. The van der Waals surface area contributed by atoms with Crippen molar-refractivity contribution in [3.63, 3.8) is 0 Å². The summed E-state index contributed by atoms with van der Waals surface area (Å²) in [6.07, 6.45) is -4.73. The van der Waals surface area contributed by atoms with Crippen LogP contribution in [-0.2, 0) is 4.74 Å². The molecule has 3 rings (SSSR count). The van der Waals surface area contributed by atoms with Gasteiger partial charge >= 0.3 is 6.36 Å². The van der Waals surface area contributed by atoms with Crippen LogP contribution in [0.25, 0.3) is 0 Å². The summed E-state index contributed by atoms with van der Waals surface area (Å²) in [6.45, 7) is 3.19. The van der Waals surface area contributed by atoms with Crippen molar-refractivity contribution in [3.05, 3.63) is 59.1 Å². The fourth-order valence-electron chi connectivity index (χ4n) is 3.15. The molecule has 0 amide bonds. The molecule has 1 saturated heterocycles. The first-order chi connectivity index (χ1) is 14.3. The van der Waals surface area contributed by atoms with Crippen molar-refractivity contribution in [2.24, 2.45) is 10.7 Å². The minimum atomic E-state index is -4.73. The van der Waals surface area contributed by atoms with Gasteiger partial charge in [0.15, 0.2) is 5.96 Å². The number of benzene rings is 2. The number of halogens is 5. The van der Waals surface area contributed by atoms with Gasteiger partial charge in [-0.15, -0.1) is 37.1 Å². The molecule has 1 atom stereocenters. The maximum atomic E-state index is 12.2. The Morgan fingerprint density at radius 3 is 2.48 bits per heavy atom. The molecule has 0 bridgehead atoms. The maximum absolute atomic E-state index is 12.2. The number of guanidine groups is 1. The van der Waals surface area contributed by atoms with E-state index in [-0.39, 0.29) is 41.7 Å². The number of alkyl halides is 3. The summed E-state index contributed by atoms with van der Waals surface area (Å²) >= 11 is 6.15. The van der Waals surface area contributed by atoms with Crippen LogP contribution in [0.15, 0.2) is 53.5 Å². The monoisotopic (exact) mass is 570 g/mol. The van der Waals surface area contributed by atoms with Crippen LogP contribution in [-0.4, -0.2) is 50.1 Å². The highest BCUT2D eigenvalue weighted by atomic mass is 127. The number of rotatable bonds is 6. The lowest BCUT2D eigenvalue weighted by atomic mass is 10.0. The smallest absolute Gasteiger partial charge is 0.406 e. The van der Waals surface area contributed by atoms with Gasteiger partial charge in [0, 0.05) is 23.8 Å². The van der Waals surface area contributed by atoms with Crippen molar-refractivity contribution in [2.45, 2.75) is 12.4 Å². The highest BCUT2D eigenvalue weighted by Gasteiger charge is 2.31. The Labute approximate surface area is 200 Å². The van der Waals surface area contributed by atoms with E-state index >= 15 is 0 Å². The van der Waals surface area contributed by atoms with Crippen molar-refractivity contribution >= 4 is 47.2 Å². The molecule has 0 spiro atoms. The van der Waals surface area contributed by atoms with Gasteiger partial charge in [0.25, 0.3) is 0 Å². The van der Waals surface area contributed by atoms with Gasteiger partial charge in [-0.3, -0.25) is 9.89 Å². The van der Waals surface area contributed by atoms with Crippen LogP contribution in [0.4, 0.5) is 18.9 Å². The fourth-order valence-corrected chi connectivity index (χ4v) is 3.35. The fraction of sp³-hybridized carbons (Fsp3) is 0.350. The minimum Gasteiger partial charge on any atom is -0.406 e. The van der Waals surface area contributed by atoms with Gasteiger partial charge in [0.1, 0.15) is 5.75 Å². The van der Waals surface area contributed by atoms with Gasteiger partial charge in [-0.25, -0.2) is 0 Å². The Hall–Kier alpha value is -1.76. The summed E-state index contributed by atoms with van der Waals surface area (Å²) in [5, 5.41) is 3.52. The predicted molar refractivity (Wildman–Crippen MR) is 125 cm³/mol. The third-order valence-electron chi connectivity index (χ3n) is 4.51. The number of nitrogens with one attached hydrogen (secondary N) is 1. The second-order valence-electron chi connectivity index (χ2n) is 6.64. The SMILES string of the molecule is I.NC(=NCC(c1cccc(Cl)c1)N1CCOCC1)Nc1ccc(OC(F)(F)F)cc1. The van der Waals surface area contributed by atoms with E-state index in [1.807, 2.05) is 24.3 Å². The van der Waals surface area contributed by atoms with Gasteiger partial charge in [-0.05, 0) is 42.0 Å². The number of hydrogen-bond donors (Lipinski definition) is 2. The average molecular weight is 571 g/mol. The number of morpholine rings is 1. The molecule has 0 radical (unpaired) electrons. The van der Waals surface area contributed by atoms with E-state index in [9.17, 15) is 13.2 Å². The average Bonchev–Trinajstić information content (AvgIpc) is 2.69. The topological polar surface area (TPSA) is 72.1 Å². The van der Waals surface area contributed by atoms with Gasteiger partial charge in [-0.2, -0.15) is 0 Å². The molecule has 2 aromatic rings. The van der Waals surface area contributed by atoms with Crippen molar-refractivity contribution in [3.8, 4) is 5.75 Å². The van der Waals surface area contributed by atoms with E-state index in [0.717, 1.165) is 18.7 Å². The van der Waals surface area contributed by atoms with Gasteiger partial charge in [0.05, 0.1) is 25.8 Å². The Balaban J connectivity index is 0.00000341. The second-order valence-corrected chi connectivity index (χ2v) is 7.08. The number of ether oxygens (including phenoxy) is 2. The summed E-state index contributed by atoms with van der Waals surface area (Å²) in [7, 11) is 0. The van der Waals surface area contributed by atoms with E-state index < -0.39 is 6.36 Å². The van der Waals surface area contributed by atoms with Crippen LogP contribution in [0, 0.1) is 0 Å². The lowest BCUT2D eigenvalue weighted by Crippen LogP contribution is -2.40. The number of hydrogen-bond acceptors (Lipinski definition) is 4. The predicted octanol–water partition coefficient (Wildman–Crippen LogP) is 4.66. The zero-order chi connectivity index (χ0) is 21.6. The first-order valence-corrected chi connectivity index (χ1v) is 9.68. The van der Waals surface area contributed by atoms with E-state index in [4.69, 9.17) is 22.1 Å². The number of nitrogens with zero attached hydrogens (tertiary/aromatic N) is 2. The molecule has 0 saturated carbocycles.